The Morgan fingerprint density at radius 3 is 2.69 bits per heavy atom. The first-order valence-corrected chi connectivity index (χ1v) is 9.79. The van der Waals surface area contributed by atoms with Crippen molar-refractivity contribution < 1.29 is 4.74 Å². The molecular formula is C19H13BrClN3OS. The second-order valence-electron chi connectivity index (χ2n) is 5.53. The third-order valence-electron chi connectivity index (χ3n) is 3.94. The second-order valence-corrected chi connectivity index (χ2v) is 7.74. The molecule has 0 amide bonds. The van der Waals surface area contributed by atoms with Gasteiger partial charge in [0.05, 0.1) is 18.2 Å². The van der Waals surface area contributed by atoms with Crippen molar-refractivity contribution in [3.05, 3.63) is 63.7 Å². The lowest BCUT2D eigenvalue weighted by Gasteiger charge is -2.12. The fraction of sp³-hybridized carbons (Fsp3) is 0.0526. The average Bonchev–Trinajstić information content (AvgIpc) is 3.08. The third-order valence-corrected chi connectivity index (χ3v) is 5.59. The normalized spacial score (nSPS) is 10.9. The van der Waals surface area contributed by atoms with Crippen LogP contribution in [0.1, 0.15) is 0 Å². The van der Waals surface area contributed by atoms with Crippen molar-refractivity contribution in [3.63, 3.8) is 0 Å². The number of thiophene rings is 1. The van der Waals surface area contributed by atoms with Gasteiger partial charge in [-0.05, 0) is 35.9 Å². The minimum atomic E-state index is 0.622. The number of ether oxygens (including phenoxy) is 1. The van der Waals surface area contributed by atoms with E-state index >= 15 is 0 Å². The molecule has 2 heterocycles. The quantitative estimate of drug-likeness (QED) is 0.387. The van der Waals surface area contributed by atoms with E-state index in [1.807, 2.05) is 24.3 Å². The van der Waals surface area contributed by atoms with Crippen molar-refractivity contribution in [2.24, 2.45) is 0 Å². The van der Waals surface area contributed by atoms with Crippen LogP contribution < -0.4 is 10.1 Å². The van der Waals surface area contributed by atoms with Crippen LogP contribution >= 0.6 is 38.9 Å². The minimum absolute atomic E-state index is 0.622. The van der Waals surface area contributed by atoms with Gasteiger partial charge in [-0.2, -0.15) is 0 Å². The van der Waals surface area contributed by atoms with Crippen LogP contribution in [0.5, 0.6) is 5.75 Å². The second kappa shape index (κ2) is 7.23. The van der Waals surface area contributed by atoms with E-state index in [0.717, 1.165) is 37.3 Å². The smallest absolute Gasteiger partial charge is 0.143 e. The van der Waals surface area contributed by atoms with Gasteiger partial charge in [0.2, 0.25) is 0 Å². The van der Waals surface area contributed by atoms with Crippen LogP contribution in [0.15, 0.2) is 58.6 Å². The summed E-state index contributed by atoms with van der Waals surface area (Å²) in [5.41, 5.74) is 2.95. The molecule has 130 valence electrons. The number of aromatic nitrogens is 2. The Balaban J connectivity index is 1.85. The molecule has 0 saturated carbocycles. The molecule has 7 heteroatoms. The molecular weight excluding hydrogens is 434 g/mol. The van der Waals surface area contributed by atoms with Crippen LogP contribution in [0.25, 0.3) is 21.3 Å². The predicted octanol–water partition coefficient (Wildman–Crippen LogP) is 6.53. The Hall–Kier alpha value is -2.15. The fourth-order valence-electron chi connectivity index (χ4n) is 2.72. The molecule has 0 aliphatic rings. The van der Waals surface area contributed by atoms with Crippen LogP contribution in [-0.2, 0) is 0 Å². The molecule has 0 fully saturated rings. The number of methoxy groups -OCH3 is 1. The monoisotopic (exact) mass is 445 g/mol. The predicted molar refractivity (Wildman–Crippen MR) is 112 cm³/mol. The number of halogens is 2. The van der Waals surface area contributed by atoms with Crippen LogP contribution in [-0.4, -0.2) is 17.1 Å². The molecule has 0 aliphatic heterocycles. The molecule has 4 rings (SSSR count). The first kappa shape index (κ1) is 17.3. The van der Waals surface area contributed by atoms with Gasteiger partial charge in [-0.25, -0.2) is 9.97 Å². The van der Waals surface area contributed by atoms with E-state index in [4.69, 9.17) is 16.3 Å². The molecule has 4 nitrogen and oxygen atoms in total. The zero-order valence-electron chi connectivity index (χ0n) is 13.7. The summed E-state index contributed by atoms with van der Waals surface area (Å²) in [7, 11) is 1.63. The Labute approximate surface area is 168 Å². The van der Waals surface area contributed by atoms with Crippen molar-refractivity contribution in [2.75, 3.05) is 12.4 Å². The molecule has 1 N–H and O–H groups in total. The third kappa shape index (κ3) is 3.28. The number of hydrogen-bond donors (Lipinski definition) is 1. The zero-order valence-corrected chi connectivity index (χ0v) is 16.8. The zero-order chi connectivity index (χ0) is 18.1. The van der Waals surface area contributed by atoms with E-state index in [1.165, 1.54) is 0 Å². The number of benzene rings is 2. The van der Waals surface area contributed by atoms with Crippen LogP contribution in [0.4, 0.5) is 11.5 Å². The Morgan fingerprint density at radius 1 is 1.12 bits per heavy atom. The maximum Gasteiger partial charge on any atom is 0.143 e. The number of anilines is 2. The highest BCUT2D eigenvalue weighted by molar-refractivity contribution is 9.10. The summed E-state index contributed by atoms with van der Waals surface area (Å²) < 4.78 is 6.47. The van der Waals surface area contributed by atoms with Gasteiger partial charge in [0.15, 0.2) is 0 Å². The lowest BCUT2D eigenvalue weighted by Crippen LogP contribution is -1.98. The molecule has 2 aromatic carbocycles. The highest BCUT2D eigenvalue weighted by Gasteiger charge is 2.15. The van der Waals surface area contributed by atoms with E-state index in [0.29, 0.717) is 10.8 Å². The molecule has 4 aromatic rings. The molecule has 0 spiro atoms. The number of rotatable bonds is 4. The lowest BCUT2D eigenvalue weighted by atomic mass is 10.1. The van der Waals surface area contributed by atoms with Crippen LogP contribution in [0, 0.1) is 0 Å². The first-order valence-electron chi connectivity index (χ1n) is 7.74. The summed E-state index contributed by atoms with van der Waals surface area (Å²) in [5, 5.41) is 7.05. The number of fused-ring (bicyclic) bond motifs is 1. The molecule has 0 saturated heterocycles. The number of hydrogen-bond acceptors (Lipinski definition) is 5. The van der Waals surface area contributed by atoms with E-state index in [-0.39, 0.29) is 0 Å². The summed E-state index contributed by atoms with van der Waals surface area (Å²) in [5.74, 6) is 1.41. The molecule has 0 atom stereocenters. The summed E-state index contributed by atoms with van der Waals surface area (Å²) in [4.78, 5) is 9.79. The van der Waals surface area contributed by atoms with Gasteiger partial charge in [-0.3, -0.25) is 0 Å². The Bertz CT molecular complexity index is 1080. The largest absolute Gasteiger partial charge is 0.495 e. The van der Waals surface area contributed by atoms with Crippen molar-refractivity contribution in [2.45, 2.75) is 0 Å². The van der Waals surface area contributed by atoms with E-state index in [2.05, 4.69) is 48.7 Å². The van der Waals surface area contributed by atoms with Gasteiger partial charge in [-0.15, -0.1) is 11.3 Å². The van der Waals surface area contributed by atoms with Gasteiger partial charge >= 0.3 is 0 Å². The van der Waals surface area contributed by atoms with Crippen LogP contribution in [0.2, 0.25) is 5.02 Å². The topological polar surface area (TPSA) is 47.0 Å². The maximum atomic E-state index is 6.15. The Kier molecular flexibility index (Phi) is 4.80. The summed E-state index contributed by atoms with van der Waals surface area (Å²) in [6.07, 6.45) is 1.56. The van der Waals surface area contributed by atoms with E-state index < -0.39 is 0 Å². The average molecular weight is 447 g/mol. The van der Waals surface area contributed by atoms with Crippen molar-refractivity contribution in [3.8, 4) is 16.9 Å². The molecule has 26 heavy (non-hydrogen) atoms. The first-order chi connectivity index (χ1) is 12.7. The van der Waals surface area contributed by atoms with Crippen LogP contribution in [0.3, 0.4) is 0 Å². The van der Waals surface area contributed by atoms with Gasteiger partial charge in [0.1, 0.15) is 22.7 Å². The van der Waals surface area contributed by atoms with Crippen molar-refractivity contribution in [1.82, 2.24) is 9.97 Å². The van der Waals surface area contributed by atoms with Gasteiger partial charge in [-0.1, -0.05) is 39.7 Å². The molecule has 0 unspecified atom stereocenters. The summed E-state index contributed by atoms with van der Waals surface area (Å²) in [6, 6.07) is 13.6. The lowest BCUT2D eigenvalue weighted by molar-refractivity contribution is 0.417. The highest BCUT2D eigenvalue weighted by atomic mass is 79.9. The molecule has 0 radical (unpaired) electrons. The van der Waals surface area contributed by atoms with E-state index in [9.17, 15) is 0 Å². The number of nitrogens with one attached hydrogen (secondary N) is 1. The van der Waals surface area contributed by atoms with Crippen molar-refractivity contribution in [1.29, 1.82) is 0 Å². The van der Waals surface area contributed by atoms with Gasteiger partial charge in [0.25, 0.3) is 0 Å². The number of nitrogens with zero attached hydrogens (tertiary/aromatic N) is 2. The molecule has 0 aliphatic carbocycles. The standard InChI is InChI=1S/C19H13BrClN3OS/c1-25-16-7-6-13(21)8-15(16)24-18-17-14(9-26-19(17)23-10-22-18)11-2-4-12(20)5-3-11/h2-10H,1H3,(H,22,23,24). The SMILES string of the molecule is COc1ccc(Cl)cc1Nc1ncnc2scc(-c3ccc(Br)cc3)c12. The molecule has 0 bridgehead atoms. The van der Waals surface area contributed by atoms with Crippen molar-refractivity contribution >= 4 is 60.6 Å². The summed E-state index contributed by atoms with van der Waals surface area (Å²) in [6.45, 7) is 0. The highest BCUT2D eigenvalue weighted by Crippen LogP contribution is 2.39. The van der Waals surface area contributed by atoms with Gasteiger partial charge < -0.3 is 10.1 Å². The summed E-state index contributed by atoms with van der Waals surface area (Å²) >= 11 is 11.2. The van der Waals surface area contributed by atoms with E-state index in [1.54, 1.807) is 30.8 Å². The Morgan fingerprint density at radius 2 is 1.92 bits per heavy atom. The van der Waals surface area contributed by atoms with Gasteiger partial charge in [0, 0.05) is 20.4 Å². The maximum absolute atomic E-state index is 6.15. The minimum Gasteiger partial charge on any atom is -0.495 e. The fourth-order valence-corrected chi connectivity index (χ4v) is 4.07. The molecule has 2 aromatic heterocycles.